The number of nitrogens with zero attached hydrogens (tertiary/aromatic N) is 2. The first-order valence-electron chi connectivity index (χ1n) is 6.58. The van der Waals surface area contributed by atoms with Gasteiger partial charge in [-0.2, -0.15) is 0 Å². The molecule has 1 aromatic carbocycles. The van der Waals surface area contributed by atoms with Crippen molar-refractivity contribution >= 4 is 10.9 Å². The van der Waals surface area contributed by atoms with Crippen LogP contribution in [-0.4, -0.2) is 37.2 Å². The first kappa shape index (κ1) is 13.1. The highest BCUT2D eigenvalue weighted by Crippen LogP contribution is 2.20. The molecule has 1 aromatic heterocycles. The fourth-order valence-electron chi connectivity index (χ4n) is 2.42. The lowest BCUT2D eigenvalue weighted by molar-refractivity contribution is 0.388. The molecule has 0 bridgehead atoms. The molecular weight excluding hydrogens is 222 g/mol. The summed E-state index contributed by atoms with van der Waals surface area (Å²) < 4.78 is 2.38. The molecule has 0 atom stereocenters. The topological polar surface area (TPSA) is 20.2 Å². The van der Waals surface area contributed by atoms with E-state index in [4.69, 9.17) is 0 Å². The molecule has 2 aromatic rings. The maximum atomic E-state index is 3.25. The van der Waals surface area contributed by atoms with Crippen LogP contribution in [0, 0.1) is 0 Å². The predicted molar refractivity (Wildman–Crippen MR) is 77.9 cm³/mol. The molecule has 1 N–H and O–H groups in total. The molecule has 0 aliphatic heterocycles. The summed E-state index contributed by atoms with van der Waals surface area (Å²) in [5, 5.41) is 4.59. The van der Waals surface area contributed by atoms with E-state index in [1.165, 1.54) is 22.9 Å². The molecule has 0 unspecified atom stereocenters. The number of nitrogens with one attached hydrogen (secondary N) is 1. The van der Waals surface area contributed by atoms with Gasteiger partial charge >= 0.3 is 0 Å². The van der Waals surface area contributed by atoms with Gasteiger partial charge < -0.3 is 14.8 Å². The molecule has 3 nitrogen and oxygen atoms in total. The van der Waals surface area contributed by atoms with E-state index in [1.54, 1.807) is 0 Å². The van der Waals surface area contributed by atoms with Crippen LogP contribution in [-0.2, 0) is 13.1 Å². The third kappa shape index (κ3) is 2.92. The molecule has 0 amide bonds. The van der Waals surface area contributed by atoms with Crippen molar-refractivity contribution in [3.63, 3.8) is 0 Å². The van der Waals surface area contributed by atoms with Gasteiger partial charge in [-0.3, -0.25) is 0 Å². The van der Waals surface area contributed by atoms with Crippen LogP contribution in [0.3, 0.4) is 0 Å². The van der Waals surface area contributed by atoms with Crippen LogP contribution in [0.15, 0.2) is 30.5 Å². The molecule has 0 fully saturated rings. The van der Waals surface area contributed by atoms with E-state index in [9.17, 15) is 0 Å². The van der Waals surface area contributed by atoms with E-state index in [2.05, 4.69) is 59.3 Å². The normalized spacial score (nSPS) is 11.6. The monoisotopic (exact) mass is 245 g/mol. The van der Waals surface area contributed by atoms with Gasteiger partial charge in [-0.1, -0.05) is 18.2 Å². The molecule has 0 spiro atoms. The van der Waals surface area contributed by atoms with E-state index in [-0.39, 0.29) is 0 Å². The Hall–Kier alpha value is -1.32. The van der Waals surface area contributed by atoms with Gasteiger partial charge in [0, 0.05) is 19.3 Å². The Balaban J connectivity index is 2.22. The fourth-order valence-corrected chi connectivity index (χ4v) is 2.42. The number of fused-ring (bicyclic) bond motifs is 1. The summed E-state index contributed by atoms with van der Waals surface area (Å²) in [5.41, 5.74) is 2.76. The molecule has 3 heteroatoms. The second-order valence-electron chi connectivity index (χ2n) is 5.05. The van der Waals surface area contributed by atoms with Gasteiger partial charge in [-0.05, 0) is 51.1 Å². The molecule has 0 aliphatic carbocycles. The van der Waals surface area contributed by atoms with Gasteiger partial charge in [0.15, 0.2) is 0 Å². The molecule has 0 radical (unpaired) electrons. The van der Waals surface area contributed by atoms with E-state index in [0.29, 0.717) is 0 Å². The Labute approximate surface area is 109 Å². The van der Waals surface area contributed by atoms with Crippen LogP contribution in [0.4, 0.5) is 0 Å². The largest absolute Gasteiger partial charge is 0.347 e. The second kappa shape index (κ2) is 6.03. The molecule has 2 rings (SSSR count). The van der Waals surface area contributed by atoms with E-state index >= 15 is 0 Å². The summed E-state index contributed by atoms with van der Waals surface area (Å²) in [4.78, 5) is 2.24. The van der Waals surface area contributed by atoms with Crippen LogP contribution in [0.5, 0.6) is 0 Å². The van der Waals surface area contributed by atoms with Crippen LogP contribution in [0.1, 0.15) is 12.0 Å². The Bertz CT molecular complexity index is 499. The molecule has 0 saturated carbocycles. The first-order chi connectivity index (χ1) is 8.72. The van der Waals surface area contributed by atoms with E-state index in [1.807, 2.05) is 7.05 Å². The summed E-state index contributed by atoms with van der Waals surface area (Å²) >= 11 is 0. The maximum Gasteiger partial charge on any atom is 0.0525 e. The maximum absolute atomic E-state index is 3.25. The summed E-state index contributed by atoms with van der Waals surface area (Å²) in [5.74, 6) is 0. The van der Waals surface area contributed by atoms with Crippen molar-refractivity contribution in [3.8, 4) is 0 Å². The van der Waals surface area contributed by atoms with Gasteiger partial charge in [0.2, 0.25) is 0 Å². The fraction of sp³-hybridized carbons (Fsp3) is 0.467. The molecule has 98 valence electrons. The molecule has 0 saturated heterocycles. The summed E-state index contributed by atoms with van der Waals surface area (Å²) in [7, 11) is 6.25. The number of hydrogen-bond acceptors (Lipinski definition) is 2. The van der Waals surface area contributed by atoms with Gasteiger partial charge in [-0.25, -0.2) is 0 Å². The average Bonchev–Trinajstić information content (AvgIpc) is 2.74. The zero-order valence-corrected chi connectivity index (χ0v) is 11.6. The average molecular weight is 245 g/mol. The SMILES string of the molecule is CNCc1cccc2ccn(CCCN(C)C)c12. The minimum absolute atomic E-state index is 0.926. The van der Waals surface area contributed by atoms with Crippen molar-refractivity contribution < 1.29 is 0 Å². The number of aryl methyl sites for hydroxylation is 1. The molecular formula is C15H23N3. The molecule has 0 aliphatic rings. The highest BCUT2D eigenvalue weighted by atomic mass is 15.1. The number of hydrogen-bond donors (Lipinski definition) is 1. The highest BCUT2D eigenvalue weighted by molar-refractivity contribution is 5.83. The highest BCUT2D eigenvalue weighted by Gasteiger charge is 2.05. The van der Waals surface area contributed by atoms with Crippen molar-refractivity contribution in [2.24, 2.45) is 0 Å². The van der Waals surface area contributed by atoms with Gasteiger partial charge in [-0.15, -0.1) is 0 Å². The Morgan fingerprint density at radius 2 is 2.06 bits per heavy atom. The van der Waals surface area contributed by atoms with Crippen molar-refractivity contribution in [3.05, 3.63) is 36.0 Å². The smallest absolute Gasteiger partial charge is 0.0525 e. The third-order valence-electron chi connectivity index (χ3n) is 3.24. The Morgan fingerprint density at radius 1 is 1.22 bits per heavy atom. The lowest BCUT2D eigenvalue weighted by atomic mass is 10.1. The lowest BCUT2D eigenvalue weighted by Crippen LogP contribution is -2.15. The third-order valence-corrected chi connectivity index (χ3v) is 3.24. The standard InChI is InChI=1S/C15H23N3/c1-16-12-14-7-4-6-13-8-11-18(15(13)14)10-5-9-17(2)3/h4,6-8,11,16H,5,9-10,12H2,1-3H3. The summed E-state index contributed by atoms with van der Waals surface area (Å²) in [6.45, 7) is 3.14. The minimum Gasteiger partial charge on any atom is -0.347 e. The van der Waals surface area contributed by atoms with E-state index in [0.717, 1.165) is 19.6 Å². The Kier molecular flexibility index (Phi) is 4.39. The second-order valence-corrected chi connectivity index (χ2v) is 5.05. The van der Waals surface area contributed by atoms with Crippen LogP contribution < -0.4 is 5.32 Å². The van der Waals surface area contributed by atoms with Crippen molar-refractivity contribution in [1.29, 1.82) is 0 Å². The zero-order chi connectivity index (χ0) is 13.0. The molecule has 1 heterocycles. The van der Waals surface area contributed by atoms with Crippen LogP contribution >= 0.6 is 0 Å². The minimum atomic E-state index is 0.926. The van der Waals surface area contributed by atoms with Crippen molar-refractivity contribution in [2.75, 3.05) is 27.7 Å². The lowest BCUT2D eigenvalue weighted by Gasteiger charge is -2.12. The zero-order valence-electron chi connectivity index (χ0n) is 11.6. The number of para-hydroxylation sites is 1. The summed E-state index contributed by atoms with van der Waals surface area (Å²) in [6, 6.07) is 8.75. The van der Waals surface area contributed by atoms with Crippen molar-refractivity contribution in [1.82, 2.24) is 14.8 Å². The van der Waals surface area contributed by atoms with Crippen molar-refractivity contribution in [2.45, 2.75) is 19.5 Å². The van der Waals surface area contributed by atoms with Crippen LogP contribution in [0.2, 0.25) is 0 Å². The predicted octanol–water partition coefficient (Wildman–Crippen LogP) is 2.31. The van der Waals surface area contributed by atoms with Gasteiger partial charge in [0.05, 0.1) is 5.52 Å². The van der Waals surface area contributed by atoms with E-state index < -0.39 is 0 Å². The van der Waals surface area contributed by atoms with Gasteiger partial charge in [0.25, 0.3) is 0 Å². The summed E-state index contributed by atoms with van der Waals surface area (Å²) in [6.07, 6.45) is 3.39. The van der Waals surface area contributed by atoms with Crippen LogP contribution in [0.25, 0.3) is 10.9 Å². The first-order valence-corrected chi connectivity index (χ1v) is 6.58. The molecule has 18 heavy (non-hydrogen) atoms. The number of benzene rings is 1. The number of rotatable bonds is 6. The Morgan fingerprint density at radius 3 is 2.78 bits per heavy atom. The number of aromatic nitrogens is 1. The quantitative estimate of drug-likeness (QED) is 0.843. The van der Waals surface area contributed by atoms with Gasteiger partial charge in [0.1, 0.15) is 0 Å².